The number of nitrogens with zero attached hydrogens (tertiary/aromatic N) is 3. The molecule has 0 spiro atoms. The third-order valence-electron chi connectivity index (χ3n) is 4.03. The molecule has 0 N–H and O–H groups in total. The molecule has 0 saturated carbocycles. The van der Waals surface area contributed by atoms with Gasteiger partial charge in [-0.15, -0.1) is 0 Å². The molecule has 0 amide bonds. The van der Waals surface area contributed by atoms with E-state index in [1.165, 1.54) is 21.9 Å². The fraction of sp³-hybridized carbons (Fsp3) is 0.368. The van der Waals surface area contributed by atoms with Gasteiger partial charge in [0.2, 0.25) is 4.96 Å². The van der Waals surface area contributed by atoms with Gasteiger partial charge < -0.3 is 9.47 Å². The molecule has 27 heavy (non-hydrogen) atoms. The van der Waals surface area contributed by atoms with E-state index in [-0.39, 0.29) is 24.1 Å². The summed E-state index contributed by atoms with van der Waals surface area (Å²) < 4.78 is 12.0. The zero-order valence-corrected chi connectivity index (χ0v) is 16.1. The lowest BCUT2D eigenvalue weighted by Gasteiger charge is -2.14. The summed E-state index contributed by atoms with van der Waals surface area (Å²) in [6, 6.07) is 10.8. The van der Waals surface area contributed by atoms with Crippen LogP contribution >= 0.6 is 11.3 Å². The minimum atomic E-state index is -0.336. The quantitative estimate of drug-likeness (QED) is 0.553. The molecule has 0 aliphatic carbocycles. The Morgan fingerprint density at radius 1 is 1.22 bits per heavy atom. The van der Waals surface area contributed by atoms with E-state index in [0.717, 1.165) is 5.56 Å². The Kier molecular flexibility index (Phi) is 6.31. The molecule has 8 heteroatoms. The Labute approximate surface area is 160 Å². The standard InChI is InChI=1S/C19H21N3O4S/c1-3-15(13-8-6-5-7-9-13)18(24)26-11-14-10-17(23)22-19(20-14)27-16(21-22)12-25-4-2/h5-10,15H,3-4,11-12H2,1-2H3/t15-/m1/s1. The van der Waals surface area contributed by atoms with Crippen LogP contribution in [0.2, 0.25) is 0 Å². The predicted octanol–water partition coefficient (Wildman–Crippen LogP) is 2.92. The number of benzene rings is 1. The lowest BCUT2D eigenvalue weighted by molar-refractivity contribution is -0.147. The van der Waals surface area contributed by atoms with E-state index in [9.17, 15) is 9.59 Å². The van der Waals surface area contributed by atoms with Crippen molar-refractivity contribution in [2.24, 2.45) is 0 Å². The molecule has 3 rings (SSSR count). The first-order valence-corrected chi connectivity index (χ1v) is 9.62. The first-order valence-electron chi connectivity index (χ1n) is 8.80. The van der Waals surface area contributed by atoms with Gasteiger partial charge in [0.1, 0.15) is 18.2 Å². The molecule has 1 atom stereocenters. The van der Waals surface area contributed by atoms with E-state index in [1.807, 2.05) is 44.2 Å². The maximum Gasteiger partial charge on any atom is 0.313 e. The van der Waals surface area contributed by atoms with Gasteiger partial charge in [-0.25, -0.2) is 4.98 Å². The molecule has 7 nitrogen and oxygen atoms in total. The van der Waals surface area contributed by atoms with Crippen LogP contribution in [-0.4, -0.2) is 27.2 Å². The van der Waals surface area contributed by atoms with Crippen LogP contribution < -0.4 is 5.56 Å². The first kappa shape index (κ1) is 19.2. The second-order valence-corrected chi connectivity index (χ2v) is 6.93. The highest BCUT2D eigenvalue weighted by molar-refractivity contribution is 7.16. The molecule has 0 unspecified atom stereocenters. The van der Waals surface area contributed by atoms with E-state index in [1.54, 1.807) is 0 Å². The summed E-state index contributed by atoms with van der Waals surface area (Å²) in [5.41, 5.74) is 1.01. The van der Waals surface area contributed by atoms with E-state index < -0.39 is 0 Å². The summed E-state index contributed by atoms with van der Waals surface area (Å²) in [4.78, 5) is 29.5. The second kappa shape index (κ2) is 8.88. The maximum atomic E-state index is 12.5. The number of rotatable bonds is 8. The fourth-order valence-corrected chi connectivity index (χ4v) is 3.54. The van der Waals surface area contributed by atoms with Gasteiger partial charge in [0.25, 0.3) is 5.56 Å². The average Bonchev–Trinajstić information content (AvgIpc) is 3.10. The molecule has 0 aliphatic heterocycles. The fourth-order valence-electron chi connectivity index (χ4n) is 2.69. The monoisotopic (exact) mass is 387 g/mol. The van der Waals surface area contributed by atoms with E-state index in [4.69, 9.17) is 9.47 Å². The van der Waals surface area contributed by atoms with Crippen molar-refractivity contribution in [2.75, 3.05) is 6.61 Å². The number of hydrogen-bond donors (Lipinski definition) is 0. The van der Waals surface area contributed by atoms with Gasteiger partial charge in [0.15, 0.2) is 0 Å². The lowest BCUT2D eigenvalue weighted by atomic mass is 9.97. The van der Waals surface area contributed by atoms with Crippen molar-refractivity contribution >= 4 is 22.3 Å². The molecule has 2 aromatic heterocycles. The Morgan fingerprint density at radius 3 is 2.70 bits per heavy atom. The minimum Gasteiger partial charge on any atom is -0.459 e. The van der Waals surface area contributed by atoms with E-state index >= 15 is 0 Å². The van der Waals surface area contributed by atoms with Crippen molar-refractivity contribution in [1.82, 2.24) is 14.6 Å². The van der Waals surface area contributed by atoms with Crippen molar-refractivity contribution in [3.05, 3.63) is 63.0 Å². The molecular formula is C19H21N3O4S. The number of carbonyl (C=O) groups is 1. The van der Waals surface area contributed by atoms with Gasteiger partial charge >= 0.3 is 5.97 Å². The third kappa shape index (κ3) is 4.58. The van der Waals surface area contributed by atoms with Crippen molar-refractivity contribution in [1.29, 1.82) is 0 Å². The van der Waals surface area contributed by atoms with Crippen molar-refractivity contribution in [3.63, 3.8) is 0 Å². The van der Waals surface area contributed by atoms with Crippen LogP contribution in [0.4, 0.5) is 0 Å². The van der Waals surface area contributed by atoms with Crippen molar-refractivity contribution in [3.8, 4) is 0 Å². The zero-order valence-electron chi connectivity index (χ0n) is 15.3. The van der Waals surface area contributed by atoms with Crippen LogP contribution in [0, 0.1) is 0 Å². The van der Waals surface area contributed by atoms with Gasteiger partial charge in [0, 0.05) is 12.7 Å². The lowest BCUT2D eigenvalue weighted by Crippen LogP contribution is -2.19. The predicted molar refractivity (Wildman–Crippen MR) is 102 cm³/mol. The minimum absolute atomic E-state index is 0.0490. The third-order valence-corrected chi connectivity index (χ3v) is 4.91. The topological polar surface area (TPSA) is 82.8 Å². The zero-order chi connectivity index (χ0) is 19.2. The molecule has 0 aliphatic rings. The molecule has 1 aromatic carbocycles. The summed E-state index contributed by atoms with van der Waals surface area (Å²) in [7, 11) is 0. The van der Waals surface area contributed by atoms with Gasteiger partial charge in [0.05, 0.1) is 11.6 Å². The van der Waals surface area contributed by atoms with Crippen LogP contribution in [0.15, 0.2) is 41.2 Å². The summed E-state index contributed by atoms with van der Waals surface area (Å²) in [6.07, 6.45) is 0.633. The highest BCUT2D eigenvalue weighted by Gasteiger charge is 2.20. The Bertz CT molecular complexity index is 968. The number of carbonyl (C=O) groups excluding carboxylic acids is 1. The summed E-state index contributed by atoms with van der Waals surface area (Å²) in [5.74, 6) is -0.663. The van der Waals surface area contributed by atoms with Crippen LogP contribution in [0.3, 0.4) is 0 Å². The molecule has 3 aromatic rings. The molecule has 142 valence electrons. The molecule has 0 saturated heterocycles. The molecule has 2 heterocycles. The second-order valence-electron chi connectivity index (χ2n) is 5.89. The van der Waals surface area contributed by atoms with Crippen LogP contribution in [0.1, 0.15) is 42.5 Å². The first-order chi connectivity index (χ1) is 13.1. The SMILES string of the molecule is CCOCc1nn2c(=O)cc(COC(=O)[C@H](CC)c3ccccc3)nc2s1. The number of esters is 1. The highest BCUT2D eigenvalue weighted by atomic mass is 32.1. The summed E-state index contributed by atoms with van der Waals surface area (Å²) >= 11 is 1.28. The number of hydrogen-bond acceptors (Lipinski definition) is 7. The summed E-state index contributed by atoms with van der Waals surface area (Å²) in [6.45, 7) is 4.69. The Hall–Kier alpha value is -2.58. The van der Waals surface area contributed by atoms with Crippen molar-refractivity contribution in [2.45, 2.75) is 39.4 Å². The normalized spacial score (nSPS) is 12.2. The van der Waals surface area contributed by atoms with Crippen LogP contribution in [0.5, 0.6) is 0 Å². The maximum absolute atomic E-state index is 12.5. The number of ether oxygens (including phenoxy) is 2. The summed E-state index contributed by atoms with van der Waals surface area (Å²) in [5, 5.41) is 4.87. The molecular weight excluding hydrogens is 366 g/mol. The van der Waals surface area contributed by atoms with Gasteiger partial charge in [-0.1, -0.05) is 48.6 Å². The Balaban J connectivity index is 1.72. The molecule has 0 bridgehead atoms. The van der Waals surface area contributed by atoms with Gasteiger partial charge in [-0.2, -0.15) is 9.61 Å². The number of aromatic nitrogens is 3. The average molecular weight is 387 g/mol. The largest absolute Gasteiger partial charge is 0.459 e. The van der Waals surface area contributed by atoms with Gasteiger partial charge in [-0.3, -0.25) is 9.59 Å². The van der Waals surface area contributed by atoms with E-state index in [0.29, 0.717) is 35.3 Å². The van der Waals surface area contributed by atoms with E-state index in [2.05, 4.69) is 10.1 Å². The Morgan fingerprint density at radius 2 is 2.00 bits per heavy atom. The van der Waals surface area contributed by atoms with Crippen LogP contribution in [0.25, 0.3) is 4.96 Å². The molecule has 0 radical (unpaired) electrons. The van der Waals surface area contributed by atoms with Gasteiger partial charge in [-0.05, 0) is 18.9 Å². The molecule has 0 fully saturated rings. The highest BCUT2D eigenvalue weighted by Crippen LogP contribution is 2.21. The van der Waals surface area contributed by atoms with Crippen LogP contribution in [-0.2, 0) is 27.5 Å². The van der Waals surface area contributed by atoms with Crippen molar-refractivity contribution < 1.29 is 14.3 Å². The smallest absolute Gasteiger partial charge is 0.313 e. The number of fused-ring (bicyclic) bond motifs is 1.